The number of amides is 4. The molecule has 0 bridgehead atoms. The number of benzene rings is 2. The first-order chi connectivity index (χ1) is 16.4. The largest absolute Gasteiger partial charge is 0.489 e. The summed E-state index contributed by atoms with van der Waals surface area (Å²) in [6.07, 6.45) is 2.11. The smallest absolute Gasteiger partial charge is 0.322 e. The summed E-state index contributed by atoms with van der Waals surface area (Å²) in [7, 11) is 0. The second-order valence-electron chi connectivity index (χ2n) is 8.94. The summed E-state index contributed by atoms with van der Waals surface area (Å²) in [5, 5.41) is 9.01. The Hall–Kier alpha value is -3.94. The van der Waals surface area contributed by atoms with Crippen LogP contribution < -0.4 is 20.7 Å². The van der Waals surface area contributed by atoms with Crippen LogP contribution in [0.5, 0.6) is 5.75 Å². The molecule has 3 N–H and O–H groups in total. The van der Waals surface area contributed by atoms with Gasteiger partial charge < -0.3 is 15.4 Å². The molecule has 2 fully saturated rings. The van der Waals surface area contributed by atoms with Crippen LogP contribution in [0.25, 0.3) is 10.9 Å². The summed E-state index contributed by atoms with van der Waals surface area (Å²) in [5.41, 5.74) is 2.76. The molecule has 0 radical (unpaired) electrons. The first kappa shape index (κ1) is 21.9. The Bertz CT molecular complexity index is 1270. The first-order valence-electron chi connectivity index (χ1n) is 11.4. The Kier molecular flexibility index (Phi) is 5.65. The van der Waals surface area contributed by atoms with Crippen molar-refractivity contribution in [1.29, 1.82) is 0 Å². The molecule has 1 aromatic heterocycles. The molecule has 2 heterocycles. The minimum absolute atomic E-state index is 0.177. The van der Waals surface area contributed by atoms with Crippen LogP contribution in [0.2, 0.25) is 0 Å². The van der Waals surface area contributed by atoms with Gasteiger partial charge >= 0.3 is 6.03 Å². The van der Waals surface area contributed by atoms with Gasteiger partial charge in [0.1, 0.15) is 17.9 Å². The van der Waals surface area contributed by atoms with E-state index >= 15 is 0 Å². The molecule has 3 aromatic rings. The van der Waals surface area contributed by atoms with Crippen molar-refractivity contribution in [3.63, 3.8) is 0 Å². The number of carbonyl (C=O) groups excluding carboxylic acids is 3. The quantitative estimate of drug-likeness (QED) is 0.492. The zero-order chi connectivity index (χ0) is 23.7. The highest BCUT2D eigenvalue weighted by atomic mass is 16.5. The van der Waals surface area contributed by atoms with Crippen LogP contribution in [0.3, 0.4) is 0 Å². The lowest BCUT2D eigenvalue weighted by molar-refractivity contribution is -0.126. The van der Waals surface area contributed by atoms with Crippen molar-refractivity contribution >= 4 is 28.7 Å². The summed E-state index contributed by atoms with van der Waals surface area (Å²) in [6, 6.07) is 16.5. The average molecular weight is 459 g/mol. The van der Waals surface area contributed by atoms with Gasteiger partial charge in [-0.25, -0.2) is 4.79 Å². The normalized spacial score (nSPS) is 21.5. The van der Waals surface area contributed by atoms with E-state index in [9.17, 15) is 14.4 Å². The van der Waals surface area contributed by atoms with Crippen LogP contribution in [0, 0.1) is 6.92 Å². The monoisotopic (exact) mass is 458 g/mol. The third-order valence-electron chi connectivity index (χ3n) is 6.58. The molecule has 1 saturated carbocycles. The Morgan fingerprint density at radius 1 is 1.18 bits per heavy atom. The van der Waals surface area contributed by atoms with Crippen molar-refractivity contribution in [2.45, 2.75) is 50.8 Å². The van der Waals surface area contributed by atoms with Crippen molar-refractivity contribution in [2.24, 2.45) is 0 Å². The maximum absolute atomic E-state index is 12.7. The summed E-state index contributed by atoms with van der Waals surface area (Å²) >= 11 is 0. The van der Waals surface area contributed by atoms with Crippen molar-refractivity contribution in [1.82, 2.24) is 20.9 Å². The van der Waals surface area contributed by atoms with Gasteiger partial charge in [-0.2, -0.15) is 0 Å². The van der Waals surface area contributed by atoms with Crippen molar-refractivity contribution < 1.29 is 19.1 Å². The van der Waals surface area contributed by atoms with Gasteiger partial charge in [0.2, 0.25) is 5.91 Å². The molecule has 34 heavy (non-hydrogen) atoms. The number of imide groups is 1. The van der Waals surface area contributed by atoms with Gasteiger partial charge in [0.05, 0.1) is 18.0 Å². The number of rotatable bonds is 6. The number of urea groups is 1. The summed E-state index contributed by atoms with van der Waals surface area (Å²) < 4.78 is 5.99. The van der Waals surface area contributed by atoms with Gasteiger partial charge in [-0.15, -0.1) is 0 Å². The predicted octanol–water partition coefficient (Wildman–Crippen LogP) is 2.91. The fourth-order valence-electron chi connectivity index (χ4n) is 4.94. The molecule has 1 aliphatic heterocycles. The van der Waals surface area contributed by atoms with Gasteiger partial charge in [0.15, 0.2) is 0 Å². The van der Waals surface area contributed by atoms with Crippen molar-refractivity contribution in [2.75, 3.05) is 0 Å². The fraction of sp³-hybridized carbons (Fsp3) is 0.308. The number of nitrogens with one attached hydrogen (secondary N) is 3. The minimum Gasteiger partial charge on any atom is -0.489 e. The second kappa shape index (κ2) is 8.78. The van der Waals surface area contributed by atoms with Gasteiger partial charge in [0.25, 0.3) is 5.91 Å². The molecular formula is C26H26N4O4. The Morgan fingerprint density at radius 2 is 1.97 bits per heavy atom. The third-order valence-corrected chi connectivity index (χ3v) is 6.58. The molecule has 2 atom stereocenters. The van der Waals surface area contributed by atoms with Crippen molar-refractivity contribution in [3.8, 4) is 5.75 Å². The maximum atomic E-state index is 12.7. The summed E-state index contributed by atoms with van der Waals surface area (Å²) in [4.78, 5) is 41.1. The van der Waals surface area contributed by atoms with Crippen LogP contribution in [0.15, 0.2) is 54.6 Å². The molecule has 1 saturated heterocycles. The number of pyridine rings is 1. The number of hydrogen-bond acceptors (Lipinski definition) is 5. The molecule has 2 aliphatic rings. The average Bonchev–Trinajstić information content (AvgIpc) is 3.34. The number of hydrogen-bond donors (Lipinski definition) is 3. The van der Waals surface area contributed by atoms with Gasteiger partial charge in [-0.3, -0.25) is 19.9 Å². The molecule has 5 rings (SSSR count). The number of aromatic nitrogens is 1. The number of nitrogens with zero attached hydrogens (tertiary/aromatic N) is 1. The molecule has 4 amide bonds. The van der Waals surface area contributed by atoms with Crippen LogP contribution in [0.4, 0.5) is 4.79 Å². The molecule has 1 spiro atoms. The van der Waals surface area contributed by atoms with E-state index in [1.54, 1.807) is 0 Å². The zero-order valence-corrected chi connectivity index (χ0v) is 18.9. The molecule has 1 aliphatic carbocycles. The minimum atomic E-state index is -1.03. The lowest BCUT2D eigenvalue weighted by Gasteiger charge is -2.28. The molecule has 174 valence electrons. The maximum Gasteiger partial charge on any atom is 0.322 e. The van der Waals surface area contributed by atoms with Gasteiger partial charge in [-0.1, -0.05) is 30.3 Å². The number of para-hydroxylation sites is 1. The molecule has 0 unspecified atom stereocenters. The van der Waals surface area contributed by atoms with Gasteiger partial charge in [0, 0.05) is 16.6 Å². The second-order valence-corrected chi connectivity index (χ2v) is 8.94. The topological polar surface area (TPSA) is 109 Å². The van der Waals surface area contributed by atoms with E-state index in [0.717, 1.165) is 34.1 Å². The Balaban J connectivity index is 1.19. The van der Waals surface area contributed by atoms with E-state index in [0.29, 0.717) is 25.2 Å². The number of carbonyl (C=O) groups is 3. The zero-order valence-electron chi connectivity index (χ0n) is 18.9. The molecule has 8 nitrogen and oxygen atoms in total. The highest BCUT2D eigenvalue weighted by molar-refractivity contribution is 6.08. The number of fused-ring (bicyclic) bond motifs is 1. The summed E-state index contributed by atoms with van der Waals surface area (Å²) in [6.45, 7) is 2.39. The fourth-order valence-corrected chi connectivity index (χ4v) is 4.94. The molecular weight excluding hydrogens is 432 g/mol. The molecule has 2 aromatic carbocycles. The van der Waals surface area contributed by atoms with E-state index < -0.39 is 17.6 Å². The van der Waals surface area contributed by atoms with Crippen LogP contribution in [-0.2, 0) is 22.6 Å². The first-order valence-corrected chi connectivity index (χ1v) is 11.4. The number of ether oxygens (including phenoxy) is 1. The number of aryl methyl sites for hydroxylation is 1. The van der Waals surface area contributed by atoms with E-state index in [-0.39, 0.29) is 18.2 Å². The van der Waals surface area contributed by atoms with E-state index in [2.05, 4.69) is 20.9 Å². The Labute approximate surface area is 197 Å². The highest BCUT2D eigenvalue weighted by Crippen LogP contribution is 2.32. The van der Waals surface area contributed by atoms with Crippen LogP contribution in [-0.4, -0.2) is 34.4 Å². The van der Waals surface area contributed by atoms with E-state index in [1.165, 1.54) is 0 Å². The third kappa shape index (κ3) is 4.19. The van der Waals surface area contributed by atoms with E-state index in [1.807, 2.05) is 61.5 Å². The predicted molar refractivity (Wildman–Crippen MR) is 126 cm³/mol. The highest BCUT2D eigenvalue weighted by Gasteiger charge is 2.54. The van der Waals surface area contributed by atoms with Crippen LogP contribution in [0.1, 0.15) is 36.1 Å². The van der Waals surface area contributed by atoms with Crippen molar-refractivity contribution in [3.05, 3.63) is 71.4 Å². The Morgan fingerprint density at radius 3 is 2.74 bits per heavy atom. The standard InChI is InChI=1S/C26H26N4O4/c1-16-13-18(20-5-2-3-6-21(20)27-16)15-34-19-10-8-17(9-11-19)14-23(31)28-22-7-4-12-26(22)24(32)29-25(33)30-26/h2-3,5-6,8-11,13,22H,4,7,12,14-15H2,1H3,(H,28,31)(H2,29,30,32,33)/t22-,26-/m1/s1. The molecule has 8 heteroatoms. The summed E-state index contributed by atoms with van der Waals surface area (Å²) in [5.74, 6) is 0.161. The van der Waals surface area contributed by atoms with Gasteiger partial charge in [-0.05, 0) is 56.0 Å². The SMILES string of the molecule is Cc1cc(COc2ccc(CC(=O)N[C@@H]3CCC[C@@]34NC(=O)NC4=O)cc2)c2ccccc2n1. The van der Waals surface area contributed by atoms with E-state index in [4.69, 9.17) is 4.74 Å². The van der Waals surface area contributed by atoms with Crippen LogP contribution >= 0.6 is 0 Å². The lowest BCUT2D eigenvalue weighted by atomic mass is 9.93. The lowest BCUT2D eigenvalue weighted by Crippen LogP contribution is -2.59.